The normalized spacial score (nSPS) is 19.6. The van der Waals surface area contributed by atoms with Crippen molar-refractivity contribution in [3.8, 4) is 0 Å². The SMILES string of the molecule is Cc1cc2nc(C)c(C)c(NC3CCNC3)n2n1. The second kappa shape index (κ2) is 4.24. The van der Waals surface area contributed by atoms with Crippen LogP contribution in [0.25, 0.3) is 5.65 Å². The Bertz CT molecular complexity index is 581. The summed E-state index contributed by atoms with van der Waals surface area (Å²) in [5, 5.41) is 11.5. The highest BCUT2D eigenvalue weighted by Crippen LogP contribution is 2.21. The van der Waals surface area contributed by atoms with Crippen molar-refractivity contribution >= 4 is 11.5 Å². The highest BCUT2D eigenvalue weighted by molar-refractivity contribution is 5.56. The van der Waals surface area contributed by atoms with E-state index in [0.717, 1.165) is 42.4 Å². The predicted molar refractivity (Wildman–Crippen MR) is 72.1 cm³/mol. The highest BCUT2D eigenvalue weighted by atomic mass is 15.3. The van der Waals surface area contributed by atoms with E-state index >= 15 is 0 Å². The highest BCUT2D eigenvalue weighted by Gasteiger charge is 2.18. The fourth-order valence-electron chi connectivity index (χ4n) is 2.46. The maximum atomic E-state index is 4.58. The molecule has 0 radical (unpaired) electrons. The van der Waals surface area contributed by atoms with Crippen LogP contribution in [-0.4, -0.2) is 33.7 Å². The van der Waals surface area contributed by atoms with Crippen LogP contribution < -0.4 is 10.6 Å². The molecule has 2 aromatic heterocycles. The van der Waals surface area contributed by atoms with Crippen LogP contribution in [0.1, 0.15) is 23.4 Å². The summed E-state index contributed by atoms with van der Waals surface area (Å²) < 4.78 is 1.93. The van der Waals surface area contributed by atoms with E-state index in [2.05, 4.69) is 34.6 Å². The van der Waals surface area contributed by atoms with Gasteiger partial charge in [0, 0.05) is 29.9 Å². The number of aromatic nitrogens is 3. The summed E-state index contributed by atoms with van der Waals surface area (Å²) in [6, 6.07) is 2.50. The van der Waals surface area contributed by atoms with Gasteiger partial charge in [0.2, 0.25) is 0 Å². The van der Waals surface area contributed by atoms with E-state index in [0.29, 0.717) is 6.04 Å². The van der Waals surface area contributed by atoms with Crippen LogP contribution in [0, 0.1) is 20.8 Å². The van der Waals surface area contributed by atoms with Gasteiger partial charge in [0.05, 0.1) is 5.69 Å². The van der Waals surface area contributed by atoms with E-state index < -0.39 is 0 Å². The molecule has 1 atom stereocenters. The number of hydrogen-bond acceptors (Lipinski definition) is 4. The van der Waals surface area contributed by atoms with Crippen LogP contribution in [-0.2, 0) is 0 Å². The maximum absolute atomic E-state index is 4.58. The molecule has 5 nitrogen and oxygen atoms in total. The Hall–Kier alpha value is -1.62. The Morgan fingerprint density at radius 3 is 2.94 bits per heavy atom. The van der Waals surface area contributed by atoms with E-state index in [1.165, 1.54) is 5.56 Å². The standard InChI is InChI=1S/C13H19N5/c1-8-6-12-15-10(3)9(2)13(18(12)17-8)16-11-4-5-14-7-11/h6,11,14,16H,4-5,7H2,1-3H3. The van der Waals surface area contributed by atoms with Gasteiger partial charge in [0.1, 0.15) is 5.82 Å². The lowest BCUT2D eigenvalue weighted by Gasteiger charge is -2.17. The first-order valence-corrected chi connectivity index (χ1v) is 6.46. The predicted octanol–water partition coefficient (Wildman–Crippen LogP) is 1.43. The van der Waals surface area contributed by atoms with Gasteiger partial charge in [-0.25, -0.2) is 4.98 Å². The number of rotatable bonds is 2. The molecule has 1 saturated heterocycles. The van der Waals surface area contributed by atoms with Gasteiger partial charge >= 0.3 is 0 Å². The van der Waals surface area contributed by atoms with Crippen LogP contribution in [0.5, 0.6) is 0 Å². The van der Waals surface area contributed by atoms with Crippen molar-refractivity contribution in [1.82, 2.24) is 19.9 Å². The van der Waals surface area contributed by atoms with Crippen molar-refractivity contribution in [3.05, 3.63) is 23.0 Å². The Balaban J connectivity index is 2.09. The number of aryl methyl sites for hydroxylation is 2. The van der Waals surface area contributed by atoms with Crippen molar-refractivity contribution in [3.63, 3.8) is 0 Å². The van der Waals surface area contributed by atoms with Crippen LogP contribution in [0.4, 0.5) is 5.82 Å². The minimum Gasteiger partial charge on any atom is -0.366 e. The van der Waals surface area contributed by atoms with E-state index in [-0.39, 0.29) is 0 Å². The molecule has 0 aliphatic carbocycles. The molecule has 2 aromatic rings. The van der Waals surface area contributed by atoms with Gasteiger partial charge in [-0.15, -0.1) is 0 Å². The lowest BCUT2D eigenvalue weighted by atomic mass is 10.2. The zero-order valence-electron chi connectivity index (χ0n) is 11.1. The smallest absolute Gasteiger partial charge is 0.157 e. The molecule has 2 N–H and O–H groups in total. The average Bonchev–Trinajstić information content (AvgIpc) is 2.93. The molecule has 5 heteroatoms. The third-order valence-electron chi connectivity index (χ3n) is 3.61. The van der Waals surface area contributed by atoms with Gasteiger partial charge in [-0.1, -0.05) is 0 Å². The fourth-order valence-corrected chi connectivity index (χ4v) is 2.46. The summed E-state index contributed by atoms with van der Waals surface area (Å²) in [6.07, 6.45) is 1.16. The molecule has 96 valence electrons. The number of fused-ring (bicyclic) bond motifs is 1. The molecule has 0 amide bonds. The second-order valence-electron chi connectivity index (χ2n) is 5.06. The van der Waals surface area contributed by atoms with Crippen molar-refractivity contribution in [1.29, 1.82) is 0 Å². The molecular formula is C13H19N5. The molecule has 1 aliphatic heterocycles. The molecule has 1 aliphatic rings. The first-order valence-electron chi connectivity index (χ1n) is 6.46. The maximum Gasteiger partial charge on any atom is 0.157 e. The molecule has 1 unspecified atom stereocenters. The molecule has 3 heterocycles. The Morgan fingerprint density at radius 2 is 2.22 bits per heavy atom. The Kier molecular flexibility index (Phi) is 2.70. The summed E-state index contributed by atoms with van der Waals surface area (Å²) in [6.45, 7) is 8.25. The zero-order valence-corrected chi connectivity index (χ0v) is 11.1. The van der Waals surface area contributed by atoms with Crippen molar-refractivity contribution < 1.29 is 0 Å². The van der Waals surface area contributed by atoms with Crippen molar-refractivity contribution in [2.24, 2.45) is 0 Å². The molecule has 1 fully saturated rings. The second-order valence-corrected chi connectivity index (χ2v) is 5.06. The quantitative estimate of drug-likeness (QED) is 0.840. The fraction of sp³-hybridized carbons (Fsp3) is 0.538. The van der Waals surface area contributed by atoms with E-state index in [1.807, 2.05) is 17.5 Å². The Morgan fingerprint density at radius 1 is 1.39 bits per heavy atom. The third-order valence-corrected chi connectivity index (χ3v) is 3.61. The van der Waals surface area contributed by atoms with Crippen LogP contribution >= 0.6 is 0 Å². The van der Waals surface area contributed by atoms with E-state index in [9.17, 15) is 0 Å². The minimum absolute atomic E-state index is 0.484. The van der Waals surface area contributed by atoms with Gasteiger partial charge in [-0.2, -0.15) is 9.61 Å². The summed E-state index contributed by atoms with van der Waals surface area (Å²) in [5.74, 6) is 1.08. The largest absolute Gasteiger partial charge is 0.366 e. The molecule has 0 saturated carbocycles. The number of anilines is 1. The van der Waals surface area contributed by atoms with Gasteiger partial charge in [-0.3, -0.25) is 0 Å². The third kappa shape index (κ3) is 1.84. The van der Waals surface area contributed by atoms with Crippen LogP contribution in [0.2, 0.25) is 0 Å². The molecule has 0 bridgehead atoms. The first-order chi connectivity index (χ1) is 8.65. The number of nitrogens with one attached hydrogen (secondary N) is 2. The van der Waals surface area contributed by atoms with Gasteiger partial charge in [0.25, 0.3) is 0 Å². The molecule has 0 aromatic carbocycles. The lowest BCUT2D eigenvalue weighted by molar-refractivity contribution is 0.769. The van der Waals surface area contributed by atoms with Crippen LogP contribution in [0.3, 0.4) is 0 Å². The average molecular weight is 245 g/mol. The van der Waals surface area contributed by atoms with Gasteiger partial charge in [-0.05, 0) is 33.7 Å². The molecule has 3 rings (SSSR count). The number of nitrogens with zero attached hydrogens (tertiary/aromatic N) is 3. The first kappa shape index (κ1) is 11.5. The Labute approximate surface area is 107 Å². The minimum atomic E-state index is 0.484. The molecule has 18 heavy (non-hydrogen) atoms. The van der Waals surface area contributed by atoms with Crippen molar-refractivity contribution in [2.45, 2.75) is 33.2 Å². The lowest BCUT2D eigenvalue weighted by Crippen LogP contribution is -2.24. The van der Waals surface area contributed by atoms with Crippen LogP contribution in [0.15, 0.2) is 6.07 Å². The summed E-state index contributed by atoms with van der Waals surface area (Å²) >= 11 is 0. The number of hydrogen-bond donors (Lipinski definition) is 2. The van der Waals surface area contributed by atoms with E-state index in [1.54, 1.807) is 0 Å². The van der Waals surface area contributed by atoms with Gasteiger partial charge in [0.15, 0.2) is 5.65 Å². The summed E-state index contributed by atoms with van der Waals surface area (Å²) in [5.41, 5.74) is 4.16. The summed E-state index contributed by atoms with van der Waals surface area (Å²) in [7, 11) is 0. The van der Waals surface area contributed by atoms with Crippen molar-refractivity contribution in [2.75, 3.05) is 18.4 Å². The molecular weight excluding hydrogens is 226 g/mol. The van der Waals surface area contributed by atoms with Gasteiger partial charge < -0.3 is 10.6 Å². The summed E-state index contributed by atoms with van der Waals surface area (Å²) in [4.78, 5) is 4.58. The topological polar surface area (TPSA) is 54.2 Å². The van der Waals surface area contributed by atoms with E-state index in [4.69, 9.17) is 0 Å². The monoisotopic (exact) mass is 245 g/mol. The zero-order chi connectivity index (χ0) is 12.7. The molecule has 0 spiro atoms.